The first kappa shape index (κ1) is 9.91. The standard InChI is InChI=1S/C11H12ClN3O2/c12-8-3-9-14(10(16)13-8)2-1-11-4-7(17-6-11)5-15(9)11/h3,7H,1-2,4-6H2/t7-,11-/m1/s1. The molecular weight excluding hydrogens is 242 g/mol. The van der Waals surface area contributed by atoms with E-state index in [4.69, 9.17) is 16.3 Å². The molecule has 3 aliphatic rings. The number of anilines is 1. The Morgan fingerprint density at radius 3 is 3.29 bits per heavy atom. The third-order valence-corrected chi connectivity index (χ3v) is 4.38. The highest BCUT2D eigenvalue weighted by Gasteiger charge is 2.54. The van der Waals surface area contributed by atoms with Crippen molar-refractivity contribution < 1.29 is 4.74 Å². The summed E-state index contributed by atoms with van der Waals surface area (Å²) in [6.45, 7) is 2.34. The quantitative estimate of drug-likeness (QED) is 0.637. The summed E-state index contributed by atoms with van der Waals surface area (Å²) >= 11 is 5.89. The van der Waals surface area contributed by atoms with Crippen molar-refractivity contribution in [1.82, 2.24) is 9.55 Å². The number of aromatic nitrogens is 2. The van der Waals surface area contributed by atoms with Gasteiger partial charge < -0.3 is 9.64 Å². The lowest BCUT2D eigenvalue weighted by Crippen LogP contribution is -2.54. The number of halogens is 1. The Hall–Kier alpha value is -1.07. The molecule has 4 heterocycles. The molecule has 0 saturated carbocycles. The van der Waals surface area contributed by atoms with Crippen molar-refractivity contribution in [2.45, 2.75) is 31.0 Å². The zero-order valence-electron chi connectivity index (χ0n) is 9.23. The van der Waals surface area contributed by atoms with Crippen molar-refractivity contribution in [1.29, 1.82) is 0 Å². The second kappa shape index (κ2) is 3.03. The van der Waals surface area contributed by atoms with Gasteiger partial charge in [-0.25, -0.2) is 4.79 Å². The largest absolute Gasteiger partial charge is 0.374 e. The first-order chi connectivity index (χ1) is 8.18. The normalized spacial score (nSPS) is 33.7. The molecule has 0 amide bonds. The molecular formula is C11H12ClN3O2. The van der Waals surface area contributed by atoms with E-state index in [-0.39, 0.29) is 16.4 Å². The fourth-order valence-corrected chi connectivity index (χ4v) is 3.55. The van der Waals surface area contributed by atoms with E-state index in [0.29, 0.717) is 12.6 Å². The van der Waals surface area contributed by atoms with Gasteiger partial charge in [-0.1, -0.05) is 11.6 Å². The summed E-state index contributed by atoms with van der Waals surface area (Å²) in [6, 6.07) is 1.80. The Morgan fingerprint density at radius 1 is 1.59 bits per heavy atom. The van der Waals surface area contributed by atoms with Crippen LogP contribution in [0.15, 0.2) is 10.9 Å². The fourth-order valence-electron chi connectivity index (χ4n) is 3.38. The number of nitrogens with zero attached hydrogens (tertiary/aromatic N) is 3. The summed E-state index contributed by atoms with van der Waals surface area (Å²) in [5, 5.41) is 0.280. The van der Waals surface area contributed by atoms with Crippen molar-refractivity contribution in [3.63, 3.8) is 0 Å². The topological polar surface area (TPSA) is 47.4 Å². The molecule has 0 radical (unpaired) electrons. The van der Waals surface area contributed by atoms with Crippen LogP contribution in [0.2, 0.25) is 5.15 Å². The van der Waals surface area contributed by atoms with E-state index in [2.05, 4.69) is 9.88 Å². The molecule has 4 rings (SSSR count). The summed E-state index contributed by atoms with van der Waals surface area (Å²) in [7, 11) is 0. The molecule has 0 unspecified atom stereocenters. The zero-order chi connectivity index (χ0) is 11.6. The molecule has 1 spiro atoms. The van der Waals surface area contributed by atoms with Crippen LogP contribution < -0.4 is 10.6 Å². The number of fused-ring (bicyclic) bond motifs is 3. The zero-order valence-corrected chi connectivity index (χ0v) is 9.98. The number of hydrogen-bond acceptors (Lipinski definition) is 4. The molecule has 2 bridgehead atoms. The van der Waals surface area contributed by atoms with Crippen molar-refractivity contribution in [2.24, 2.45) is 0 Å². The van der Waals surface area contributed by atoms with E-state index in [9.17, 15) is 4.79 Å². The van der Waals surface area contributed by atoms with Gasteiger partial charge in [-0.05, 0) is 6.42 Å². The van der Waals surface area contributed by atoms with Crippen LogP contribution in [-0.4, -0.2) is 34.3 Å². The molecule has 2 saturated heterocycles. The lowest BCUT2D eigenvalue weighted by molar-refractivity contribution is 0.0777. The first-order valence-corrected chi connectivity index (χ1v) is 6.22. The Morgan fingerprint density at radius 2 is 2.47 bits per heavy atom. The summed E-state index contributed by atoms with van der Waals surface area (Å²) in [5.41, 5.74) is -0.145. The molecule has 0 N–H and O–H groups in total. The number of ether oxygens (including phenoxy) is 1. The fraction of sp³-hybridized carbons (Fsp3) is 0.636. The van der Waals surface area contributed by atoms with Gasteiger partial charge in [-0.3, -0.25) is 4.57 Å². The van der Waals surface area contributed by atoms with Gasteiger partial charge in [0.05, 0.1) is 18.2 Å². The molecule has 0 aromatic carbocycles. The van der Waals surface area contributed by atoms with Crippen molar-refractivity contribution in [3.05, 3.63) is 21.7 Å². The monoisotopic (exact) mass is 253 g/mol. The molecule has 1 aromatic heterocycles. The SMILES string of the molecule is O=c1nc(Cl)cc2n1CC[C@@]13CO[C@@H](CN21)C3. The summed E-state index contributed by atoms with van der Waals surface area (Å²) in [5.74, 6) is 0.909. The van der Waals surface area contributed by atoms with Gasteiger partial charge in [0, 0.05) is 25.6 Å². The minimum atomic E-state index is -0.244. The second-order valence-electron chi connectivity index (χ2n) is 5.09. The van der Waals surface area contributed by atoms with Crippen LogP contribution in [0, 0.1) is 0 Å². The van der Waals surface area contributed by atoms with E-state index in [0.717, 1.165) is 31.8 Å². The molecule has 2 fully saturated rings. The van der Waals surface area contributed by atoms with Gasteiger partial charge in [0.1, 0.15) is 11.0 Å². The number of hydrogen-bond donors (Lipinski definition) is 0. The molecule has 1 aromatic rings. The predicted molar refractivity (Wildman–Crippen MR) is 62.6 cm³/mol. The van der Waals surface area contributed by atoms with E-state index >= 15 is 0 Å². The van der Waals surface area contributed by atoms with Crippen molar-refractivity contribution in [2.75, 3.05) is 18.1 Å². The lowest BCUT2D eigenvalue weighted by Gasteiger charge is -2.44. The highest BCUT2D eigenvalue weighted by molar-refractivity contribution is 6.29. The third kappa shape index (κ3) is 1.18. The van der Waals surface area contributed by atoms with Crippen LogP contribution in [-0.2, 0) is 11.3 Å². The van der Waals surface area contributed by atoms with E-state index in [1.54, 1.807) is 10.6 Å². The highest BCUT2D eigenvalue weighted by atomic mass is 35.5. The minimum Gasteiger partial charge on any atom is -0.374 e. The number of rotatable bonds is 0. The summed E-state index contributed by atoms with van der Waals surface area (Å²) < 4.78 is 7.43. The van der Waals surface area contributed by atoms with Crippen molar-refractivity contribution >= 4 is 17.4 Å². The van der Waals surface area contributed by atoms with Crippen LogP contribution in [0.25, 0.3) is 0 Å². The van der Waals surface area contributed by atoms with Crippen LogP contribution >= 0.6 is 11.6 Å². The van der Waals surface area contributed by atoms with Gasteiger partial charge >= 0.3 is 5.69 Å². The molecule has 3 aliphatic heterocycles. The third-order valence-electron chi connectivity index (χ3n) is 4.19. The predicted octanol–water partition coefficient (Wildman–Crippen LogP) is 0.648. The average molecular weight is 254 g/mol. The Kier molecular flexibility index (Phi) is 1.77. The van der Waals surface area contributed by atoms with Gasteiger partial charge in [0.15, 0.2) is 0 Å². The van der Waals surface area contributed by atoms with Gasteiger partial charge in [0.25, 0.3) is 0 Å². The summed E-state index contributed by atoms with van der Waals surface area (Å²) in [4.78, 5) is 17.9. The lowest BCUT2D eigenvalue weighted by atomic mass is 9.92. The van der Waals surface area contributed by atoms with Crippen LogP contribution in [0.4, 0.5) is 5.82 Å². The van der Waals surface area contributed by atoms with Gasteiger partial charge in [-0.2, -0.15) is 4.98 Å². The van der Waals surface area contributed by atoms with E-state index in [1.807, 2.05) is 0 Å². The Labute approximate surface area is 103 Å². The first-order valence-electron chi connectivity index (χ1n) is 5.85. The van der Waals surface area contributed by atoms with Crippen LogP contribution in [0.5, 0.6) is 0 Å². The van der Waals surface area contributed by atoms with E-state index < -0.39 is 0 Å². The van der Waals surface area contributed by atoms with Gasteiger partial charge in [0.2, 0.25) is 0 Å². The summed E-state index contributed by atoms with van der Waals surface area (Å²) in [6.07, 6.45) is 2.34. The maximum atomic E-state index is 11.8. The minimum absolute atomic E-state index is 0.0990. The van der Waals surface area contributed by atoms with Crippen LogP contribution in [0.1, 0.15) is 12.8 Å². The Balaban J connectivity index is 1.91. The number of morpholine rings is 1. The molecule has 5 nitrogen and oxygen atoms in total. The molecule has 90 valence electrons. The van der Waals surface area contributed by atoms with Crippen molar-refractivity contribution in [3.8, 4) is 0 Å². The average Bonchev–Trinajstić information content (AvgIpc) is 2.84. The highest BCUT2D eigenvalue weighted by Crippen LogP contribution is 2.45. The molecule has 17 heavy (non-hydrogen) atoms. The van der Waals surface area contributed by atoms with E-state index in [1.165, 1.54) is 0 Å². The maximum absolute atomic E-state index is 11.8. The maximum Gasteiger partial charge on any atom is 0.350 e. The molecule has 0 aliphatic carbocycles. The smallest absolute Gasteiger partial charge is 0.350 e. The Bertz CT molecular complexity index is 558. The van der Waals surface area contributed by atoms with Crippen LogP contribution in [0.3, 0.4) is 0 Å². The molecule has 2 atom stereocenters. The molecule has 6 heteroatoms. The second-order valence-corrected chi connectivity index (χ2v) is 5.48. The van der Waals surface area contributed by atoms with Gasteiger partial charge in [-0.15, -0.1) is 0 Å².